The zero-order valence-corrected chi connectivity index (χ0v) is 34.6. The fourth-order valence-electron chi connectivity index (χ4n) is 10.4. The molecule has 11 aromatic rings. The van der Waals surface area contributed by atoms with Crippen molar-refractivity contribution < 1.29 is 4.42 Å². The topological polar surface area (TPSA) is 30.4 Å². The van der Waals surface area contributed by atoms with E-state index in [0.717, 1.165) is 51.7 Å². The summed E-state index contributed by atoms with van der Waals surface area (Å²) in [5, 5.41) is 7.19. The van der Waals surface area contributed by atoms with E-state index in [-0.39, 0.29) is 17.9 Å². The summed E-state index contributed by atoms with van der Waals surface area (Å²) in [4.78, 5) is 5.96. The summed E-state index contributed by atoms with van der Waals surface area (Å²) in [6.07, 6.45) is 1.81. The second-order valence-electron chi connectivity index (χ2n) is 17.0. The lowest BCUT2D eigenvalue weighted by Gasteiger charge is -2.28. The average molecular weight is 797 g/mol. The van der Waals surface area contributed by atoms with Crippen molar-refractivity contribution in [1.82, 2.24) is 4.57 Å². The fraction of sp³-hybridized carbons (Fsp3) is 0.102. The summed E-state index contributed by atoms with van der Waals surface area (Å²) in [7, 11) is 0. The van der Waals surface area contributed by atoms with Crippen molar-refractivity contribution in [2.75, 3.05) is 0 Å². The number of aromatic nitrogens is 1. The van der Waals surface area contributed by atoms with Gasteiger partial charge in [-0.05, 0) is 105 Å². The van der Waals surface area contributed by atoms with Gasteiger partial charge in [0.2, 0.25) is 0 Å². The maximum absolute atomic E-state index is 6.82. The van der Waals surface area contributed by atoms with Crippen LogP contribution in [0.4, 0.5) is 0 Å². The van der Waals surface area contributed by atoms with Gasteiger partial charge in [-0.3, -0.25) is 4.99 Å². The smallest absolute Gasteiger partial charge is 0.138 e. The molecule has 0 N–H and O–H groups in total. The van der Waals surface area contributed by atoms with Crippen LogP contribution in [0, 0.1) is 5.92 Å². The second kappa shape index (κ2) is 14.9. The average Bonchev–Trinajstić information content (AvgIpc) is 3.81. The number of para-hydroxylation sites is 2. The first-order valence-electron chi connectivity index (χ1n) is 21.9. The maximum atomic E-state index is 6.82. The van der Waals surface area contributed by atoms with E-state index < -0.39 is 0 Å². The van der Waals surface area contributed by atoms with Gasteiger partial charge in [0, 0.05) is 38.9 Å². The number of nitrogens with zero attached hydrogens (tertiary/aromatic N) is 2. The zero-order chi connectivity index (χ0) is 41.1. The molecule has 0 radical (unpaired) electrons. The molecule has 0 saturated carbocycles. The molecule has 3 heteroatoms. The van der Waals surface area contributed by atoms with Gasteiger partial charge in [0.15, 0.2) is 0 Å². The Bertz CT molecular complexity index is 3480. The molecule has 2 unspecified atom stereocenters. The van der Waals surface area contributed by atoms with Gasteiger partial charge in [0.1, 0.15) is 11.2 Å². The summed E-state index contributed by atoms with van der Waals surface area (Å²) in [5.74, 6) is 0.517. The van der Waals surface area contributed by atoms with Crippen molar-refractivity contribution in [3.8, 4) is 27.9 Å². The van der Waals surface area contributed by atoms with Crippen LogP contribution >= 0.6 is 0 Å². The molecule has 0 spiro atoms. The standard InChI is InChI=1S/C59H44N2O/c1-38-48(42-29-27-41(28-30-42)39-15-4-2-5-16-39)31-32-53(60-59(38)46-22-14-21-43(33-46)40-17-6-3-7-18-40)52-36-47(37-57-58(52)50-24-11-13-26-56(50)62-57)61-54-25-12-10-23-49(54)51-34-44-19-8-9-20-45(44)35-55(51)61/h2-30,33-38,48,59H,31-32H2,1H3/t38-,48?,59?/m0/s1. The third kappa shape index (κ3) is 6.15. The molecular weight excluding hydrogens is 753 g/mol. The van der Waals surface area contributed by atoms with E-state index in [9.17, 15) is 0 Å². The number of aliphatic imine (C=N–C) groups is 1. The Morgan fingerprint density at radius 3 is 1.92 bits per heavy atom. The Kier molecular flexibility index (Phi) is 8.74. The first kappa shape index (κ1) is 36.4. The third-order valence-corrected chi connectivity index (χ3v) is 13.5. The molecular formula is C59H44N2O. The zero-order valence-electron chi connectivity index (χ0n) is 34.6. The number of rotatable bonds is 6. The van der Waals surface area contributed by atoms with E-state index in [1.54, 1.807) is 0 Å². The number of furan rings is 1. The minimum Gasteiger partial charge on any atom is -0.456 e. The van der Waals surface area contributed by atoms with Crippen LogP contribution in [0.5, 0.6) is 0 Å². The molecule has 0 aliphatic carbocycles. The molecule has 296 valence electrons. The molecule has 9 aromatic carbocycles. The largest absolute Gasteiger partial charge is 0.456 e. The van der Waals surface area contributed by atoms with Gasteiger partial charge >= 0.3 is 0 Å². The highest BCUT2D eigenvalue weighted by Gasteiger charge is 2.33. The van der Waals surface area contributed by atoms with Gasteiger partial charge < -0.3 is 8.98 Å². The molecule has 3 nitrogen and oxygen atoms in total. The summed E-state index contributed by atoms with van der Waals surface area (Å²) in [6, 6.07) is 75.1. The Morgan fingerprint density at radius 2 is 1.13 bits per heavy atom. The first-order chi connectivity index (χ1) is 30.6. The van der Waals surface area contributed by atoms with Gasteiger partial charge in [-0.25, -0.2) is 0 Å². The van der Waals surface area contributed by atoms with Gasteiger partial charge in [0.25, 0.3) is 0 Å². The van der Waals surface area contributed by atoms with Crippen LogP contribution in [0.15, 0.2) is 216 Å². The van der Waals surface area contributed by atoms with Crippen molar-refractivity contribution in [3.63, 3.8) is 0 Å². The second-order valence-corrected chi connectivity index (χ2v) is 17.0. The molecule has 1 aliphatic rings. The highest BCUT2D eigenvalue weighted by atomic mass is 16.3. The molecule has 0 bridgehead atoms. The third-order valence-electron chi connectivity index (χ3n) is 13.5. The molecule has 62 heavy (non-hydrogen) atoms. The van der Waals surface area contributed by atoms with E-state index in [1.165, 1.54) is 66.0 Å². The number of hydrogen-bond acceptors (Lipinski definition) is 2. The van der Waals surface area contributed by atoms with E-state index in [0.29, 0.717) is 0 Å². The molecule has 0 amide bonds. The van der Waals surface area contributed by atoms with Crippen LogP contribution in [0.2, 0.25) is 0 Å². The predicted octanol–water partition coefficient (Wildman–Crippen LogP) is 15.9. The molecule has 0 saturated heterocycles. The molecule has 0 fully saturated rings. The van der Waals surface area contributed by atoms with Crippen LogP contribution in [-0.2, 0) is 0 Å². The van der Waals surface area contributed by atoms with Crippen molar-refractivity contribution in [2.24, 2.45) is 10.9 Å². The fourth-order valence-corrected chi connectivity index (χ4v) is 10.4. The van der Waals surface area contributed by atoms with Gasteiger partial charge in [-0.15, -0.1) is 0 Å². The SMILES string of the molecule is C[C@H]1C(c2ccc(-c3ccccc3)cc2)CCC(c2cc(-n3c4ccccc4c4cc5ccccc5cc43)cc3oc4ccccc4c23)=NC1c1cccc(-c2ccccc2)c1. The summed E-state index contributed by atoms with van der Waals surface area (Å²) >= 11 is 0. The molecule has 12 rings (SSSR count). The van der Waals surface area contributed by atoms with E-state index in [4.69, 9.17) is 9.41 Å². The Morgan fingerprint density at radius 1 is 0.484 bits per heavy atom. The van der Waals surface area contributed by atoms with E-state index in [2.05, 4.69) is 218 Å². The highest BCUT2D eigenvalue weighted by Crippen LogP contribution is 2.46. The van der Waals surface area contributed by atoms with Crippen LogP contribution < -0.4 is 0 Å². The van der Waals surface area contributed by atoms with Crippen LogP contribution in [0.25, 0.3) is 82.5 Å². The quantitative estimate of drug-likeness (QED) is 0.165. The lowest BCUT2D eigenvalue weighted by Crippen LogP contribution is -2.16. The molecule has 3 heterocycles. The Labute approximate surface area is 361 Å². The van der Waals surface area contributed by atoms with Gasteiger partial charge in [0.05, 0.1) is 22.8 Å². The Balaban J connectivity index is 1.07. The minimum atomic E-state index is -0.0774. The summed E-state index contributed by atoms with van der Waals surface area (Å²) < 4.78 is 9.25. The maximum Gasteiger partial charge on any atom is 0.138 e. The normalized spacial score (nSPS) is 16.9. The van der Waals surface area contributed by atoms with Crippen LogP contribution in [0.1, 0.15) is 48.4 Å². The molecule has 1 aliphatic heterocycles. The molecule has 2 aromatic heterocycles. The number of benzene rings is 9. The Hall–Kier alpha value is -7.49. The number of hydrogen-bond donors (Lipinski definition) is 0. The monoisotopic (exact) mass is 796 g/mol. The molecule has 3 atom stereocenters. The van der Waals surface area contributed by atoms with Crippen molar-refractivity contribution in [3.05, 3.63) is 223 Å². The highest BCUT2D eigenvalue weighted by molar-refractivity contribution is 6.20. The lowest BCUT2D eigenvalue weighted by atomic mass is 9.78. The van der Waals surface area contributed by atoms with Gasteiger partial charge in [-0.1, -0.05) is 171 Å². The number of fused-ring (bicyclic) bond motifs is 7. The van der Waals surface area contributed by atoms with Crippen LogP contribution in [-0.4, -0.2) is 10.3 Å². The lowest BCUT2D eigenvalue weighted by molar-refractivity contribution is 0.385. The van der Waals surface area contributed by atoms with E-state index >= 15 is 0 Å². The van der Waals surface area contributed by atoms with Crippen molar-refractivity contribution in [2.45, 2.75) is 31.7 Å². The first-order valence-corrected chi connectivity index (χ1v) is 21.9. The minimum absolute atomic E-state index is 0.0774. The predicted molar refractivity (Wildman–Crippen MR) is 260 cm³/mol. The van der Waals surface area contributed by atoms with Crippen LogP contribution in [0.3, 0.4) is 0 Å². The summed E-state index contributed by atoms with van der Waals surface area (Å²) in [5.41, 5.74) is 15.0. The van der Waals surface area contributed by atoms with Gasteiger partial charge in [-0.2, -0.15) is 0 Å². The van der Waals surface area contributed by atoms with Crippen molar-refractivity contribution in [1.29, 1.82) is 0 Å². The summed E-state index contributed by atoms with van der Waals surface area (Å²) in [6.45, 7) is 2.42. The van der Waals surface area contributed by atoms with Crippen molar-refractivity contribution >= 4 is 60.2 Å². The van der Waals surface area contributed by atoms with E-state index in [1.807, 2.05) is 0 Å².